The summed E-state index contributed by atoms with van der Waals surface area (Å²) in [6.45, 7) is 6.57. The molecule has 0 saturated carbocycles. The molecule has 0 aromatic carbocycles. The molecule has 1 atom stereocenters. The molecule has 0 bridgehead atoms. The van der Waals surface area contributed by atoms with Gasteiger partial charge in [-0.05, 0) is 27.7 Å². The van der Waals surface area contributed by atoms with Gasteiger partial charge in [-0.15, -0.1) is 0 Å². The minimum absolute atomic E-state index is 0.601. The van der Waals surface area contributed by atoms with Gasteiger partial charge in [-0.25, -0.2) is 14.0 Å². The molecule has 0 aliphatic rings. The summed E-state index contributed by atoms with van der Waals surface area (Å²) in [5, 5.41) is 0. The molecule has 1 amide bonds. The van der Waals surface area contributed by atoms with E-state index in [1.165, 1.54) is 14.0 Å². The maximum atomic E-state index is 11.4. The number of methoxy groups -OCH3 is 1. The molecule has 88 valence electrons. The number of carbonyl (C=O) groups is 2. The molecule has 5 nitrogen and oxygen atoms in total. The van der Waals surface area contributed by atoms with Gasteiger partial charge in [-0.1, -0.05) is 0 Å². The molecule has 15 heavy (non-hydrogen) atoms. The molecule has 0 fully saturated rings. The van der Waals surface area contributed by atoms with Gasteiger partial charge in [0.2, 0.25) is 0 Å². The molecule has 6 heteroatoms. The summed E-state index contributed by atoms with van der Waals surface area (Å²) in [5.41, 5.74) is -0.653. The first-order valence-electron chi connectivity index (χ1n) is 4.45. The highest BCUT2D eigenvalue weighted by molar-refractivity contribution is 6.21. The number of amides is 1. The fourth-order valence-electron chi connectivity index (χ4n) is 0.727. The monoisotopic (exact) mass is 237 g/mol. The Bertz CT molecular complexity index is 249. The number of hydrogen-bond donors (Lipinski definition) is 0. The van der Waals surface area contributed by atoms with Crippen molar-refractivity contribution in [3.8, 4) is 0 Å². The van der Waals surface area contributed by atoms with Gasteiger partial charge < -0.3 is 9.47 Å². The summed E-state index contributed by atoms with van der Waals surface area (Å²) in [5.74, 6) is -0.601. The summed E-state index contributed by atoms with van der Waals surface area (Å²) < 4.78 is 10.1. The van der Waals surface area contributed by atoms with E-state index in [2.05, 4.69) is 4.74 Å². The number of halogens is 1. The second kappa shape index (κ2) is 5.21. The Balaban J connectivity index is 4.39. The number of ether oxygens (including phenoxy) is 2. The smallest absolute Gasteiger partial charge is 0.425 e. The number of rotatable bonds is 2. The molecule has 0 heterocycles. The van der Waals surface area contributed by atoms with E-state index >= 15 is 0 Å². The van der Waals surface area contributed by atoms with Crippen molar-refractivity contribution in [1.82, 2.24) is 4.42 Å². The van der Waals surface area contributed by atoms with Crippen LogP contribution < -0.4 is 0 Å². The van der Waals surface area contributed by atoms with Gasteiger partial charge in [0.1, 0.15) is 11.6 Å². The number of esters is 1. The van der Waals surface area contributed by atoms with Crippen molar-refractivity contribution in [2.24, 2.45) is 0 Å². The van der Waals surface area contributed by atoms with Crippen LogP contribution in [0.4, 0.5) is 4.79 Å². The Morgan fingerprint density at radius 3 is 2.13 bits per heavy atom. The van der Waals surface area contributed by atoms with Gasteiger partial charge in [0.05, 0.1) is 7.11 Å². The summed E-state index contributed by atoms with van der Waals surface area (Å²) in [6.07, 6.45) is -0.776. The fourth-order valence-corrected chi connectivity index (χ4v) is 0.841. The Hall–Kier alpha value is -0.970. The molecule has 0 saturated heterocycles. The van der Waals surface area contributed by atoms with Crippen molar-refractivity contribution in [2.45, 2.75) is 39.3 Å². The highest BCUT2D eigenvalue weighted by atomic mass is 35.5. The molecule has 0 aromatic rings. The SMILES string of the molecule is COC(=O)C(C)N(Cl)C(=O)OC(C)(C)C. The second-order valence-electron chi connectivity index (χ2n) is 3.99. The van der Waals surface area contributed by atoms with Crippen molar-refractivity contribution >= 4 is 23.8 Å². The van der Waals surface area contributed by atoms with Crippen LogP contribution >= 0.6 is 11.8 Å². The van der Waals surface area contributed by atoms with E-state index < -0.39 is 23.7 Å². The topological polar surface area (TPSA) is 55.8 Å². The lowest BCUT2D eigenvalue weighted by molar-refractivity contribution is -0.144. The van der Waals surface area contributed by atoms with Crippen LogP contribution in [0.2, 0.25) is 0 Å². The zero-order valence-electron chi connectivity index (χ0n) is 9.54. The summed E-state index contributed by atoms with van der Waals surface area (Å²) in [4.78, 5) is 22.5. The normalized spacial score (nSPS) is 12.9. The van der Waals surface area contributed by atoms with E-state index in [0.29, 0.717) is 4.42 Å². The van der Waals surface area contributed by atoms with Gasteiger partial charge in [0.15, 0.2) is 0 Å². The summed E-state index contributed by atoms with van der Waals surface area (Å²) >= 11 is 5.62. The molecule has 0 radical (unpaired) electrons. The zero-order chi connectivity index (χ0) is 12.2. The average Bonchev–Trinajstić information content (AvgIpc) is 2.11. The predicted molar refractivity (Wildman–Crippen MR) is 55.4 cm³/mol. The van der Waals surface area contributed by atoms with Crippen LogP contribution in [0, 0.1) is 0 Å². The van der Waals surface area contributed by atoms with Crippen molar-refractivity contribution in [1.29, 1.82) is 0 Å². The van der Waals surface area contributed by atoms with Crippen LogP contribution in [0.25, 0.3) is 0 Å². The van der Waals surface area contributed by atoms with E-state index in [1.54, 1.807) is 20.8 Å². The van der Waals surface area contributed by atoms with Crippen LogP contribution in [0.3, 0.4) is 0 Å². The lowest BCUT2D eigenvalue weighted by atomic mass is 10.2. The average molecular weight is 238 g/mol. The summed E-state index contributed by atoms with van der Waals surface area (Å²) in [7, 11) is 1.22. The Kier molecular flexibility index (Phi) is 4.87. The van der Waals surface area contributed by atoms with Gasteiger partial charge in [0.25, 0.3) is 0 Å². The van der Waals surface area contributed by atoms with Crippen LogP contribution in [-0.4, -0.2) is 35.2 Å². The zero-order valence-corrected chi connectivity index (χ0v) is 10.3. The minimum atomic E-state index is -0.883. The van der Waals surface area contributed by atoms with Crippen molar-refractivity contribution in [3.63, 3.8) is 0 Å². The standard InChI is InChI=1S/C9H16ClNO4/c1-6(7(12)14-5)11(10)8(13)15-9(2,3)4/h6H,1-5H3. The Morgan fingerprint density at radius 2 is 1.80 bits per heavy atom. The molecule has 1 unspecified atom stereocenters. The van der Waals surface area contributed by atoms with Crippen LogP contribution in [0.15, 0.2) is 0 Å². The Labute approximate surface area is 94.4 Å². The molecule has 0 aliphatic carbocycles. The molecule has 0 aromatic heterocycles. The van der Waals surface area contributed by atoms with Crippen LogP contribution in [0.5, 0.6) is 0 Å². The lowest BCUT2D eigenvalue weighted by Gasteiger charge is -2.25. The first-order valence-corrected chi connectivity index (χ1v) is 4.78. The van der Waals surface area contributed by atoms with Gasteiger partial charge >= 0.3 is 12.1 Å². The fraction of sp³-hybridized carbons (Fsp3) is 0.778. The third-order valence-electron chi connectivity index (χ3n) is 1.45. The highest BCUT2D eigenvalue weighted by Crippen LogP contribution is 2.14. The highest BCUT2D eigenvalue weighted by Gasteiger charge is 2.29. The molecule has 0 N–H and O–H groups in total. The van der Waals surface area contributed by atoms with E-state index in [1.807, 2.05) is 0 Å². The van der Waals surface area contributed by atoms with Gasteiger partial charge in [0, 0.05) is 11.8 Å². The van der Waals surface area contributed by atoms with E-state index in [0.717, 1.165) is 0 Å². The van der Waals surface area contributed by atoms with Crippen molar-refractivity contribution in [3.05, 3.63) is 0 Å². The number of nitrogens with zero attached hydrogens (tertiary/aromatic N) is 1. The largest absolute Gasteiger partial charge is 0.467 e. The van der Waals surface area contributed by atoms with Crippen LogP contribution in [0.1, 0.15) is 27.7 Å². The van der Waals surface area contributed by atoms with E-state index in [-0.39, 0.29) is 0 Å². The van der Waals surface area contributed by atoms with Crippen molar-refractivity contribution in [2.75, 3.05) is 7.11 Å². The Morgan fingerprint density at radius 1 is 1.33 bits per heavy atom. The van der Waals surface area contributed by atoms with E-state index in [9.17, 15) is 9.59 Å². The lowest BCUT2D eigenvalue weighted by Crippen LogP contribution is -2.40. The first kappa shape index (κ1) is 14.0. The molecular formula is C9H16ClNO4. The van der Waals surface area contributed by atoms with Gasteiger partial charge in [-0.2, -0.15) is 0 Å². The molecular weight excluding hydrogens is 222 g/mol. The van der Waals surface area contributed by atoms with Crippen molar-refractivity contribution < 1.29 is 19.1 Å². The maximum absolute atomic E-state index is 11.4. The number of hydrogen-bond acceptors (Lipinski definition) is 4. The first-order chi connectivity index (χ1) is 6.69. The maximum Gasteiger partial charge on any atom is 0.425 e. The molecule has 0 rings (SSSR count). The quantitative estimate of drug-likeness (QED) is 0.544. The molecule has 0 spiro atoms. The predicted octanol–water partition coefficient (Wildman–Crippen LogP) is 1.94. The van der Waals surface area contributed by atoms with Gasteiger partial charge in [-0.3, -0.25) is 0 Å². The molecule has 0 aliphatic heterocycles. The second-order valence-corrected chi connectivity index (χ2v) is 4.35. The van der Waals surface area contributed by atoms with Crippen LogP contribution in [-0.2, 0) is 14.3 Å². The third kappa shape index (κ3) is 4.88. The third-order valence-corrected chi connectivity index (χ3v) is 1.88. The number of carbonyl (C=O) groups excluding carboxylic acids is 2. The summed E-state index contributed by atoms with van der Waals surface area (Å²) in [6, 6.07) is -0.883. The van der Waals surface area contributed by atoms with E-state index in [4.69, 9.17) is 16.5 Å². The minimum Gasteiger partial charge on any atom is -0.467 e.